The number of primary amides is 1. The number of nitrogens with zero attached hydrogens (tertiary/aromatic N) is 2. The number of aromatic nitrogens is 1. The average Bonchev–Trinajstić information content (AvgIpc) is 2.72. The van der Waals surface area contributed by atoms with E-state index in [1.165, 1.54) is 0 Å². The number of hydrogen-bond acceptors (Lipinski definition) is 3. The predicted octanol–water partition coefficient (Wildman–Crippen LogP) is 0.663. The number of pyridine rings is 1. The molecule has 2 N–H and O–H groups in total. The smallest absolute Gasteiger partial charge is 0.223 e. The van der Waals surface area contributed by atoms with E-state index in [1.54, 1.807) is 11.1 Å². The van der Waals surface area contributed by atoms with Crippen molar-refractivity contribution in [3.63, 3.8) is 0 Å². The molecule has 0 saturated carbocycles. The third-order valence-electron chi connectivity index (χ3n) is 3.22. The van der Waals surface area contributed by atoms with Gasteiger partial charge in [0, 0.05) is 44.2 Å². The van der Waals surface area contributed by atoms with E-state index in [0.29, 0.717) is 32.4 Å². The molecule has 1 unspecified atom stereocenters. The first kappa shape index (κ1) is 12.5. The Morgan fingerprint density at radius 1 is 1.56 bits per heavy atom. The summed E-state index contributed by atoms with van der Waals surface area (Å²) in [5.74, 6) is 0.0542. The molecule has 1 aliphatic rings. The quantitative estimate of drug-likeness (QED) is 0.830. The summed E-state index contributed by atoms with van der Waals surface area (Å²) >= 11 is 0. The van der Waals surface area contributed by atoms with Crippen molar-refractivity contribution in [3.05, 3.63) is 30.1 Å². The number of nitrogens with two attached hydrogens (primary N) is 1. The van der Waals surface area contributed by atoms with Gasteiger partial charge in [0.15, 0.2) is 0 Å². The van der Waals surface area contributed by atoms with Crippen molar-refractivity contribution in [1.29, 1.82) is 0 Å². The lowest BCUT2D eigenvalue weighted by Crippen LogP contribution is -2.27. The lowest BCUT2D eigenvalue weighted by molar-refractivity contribution is -0.128. The lowest BCUT2D eigenvalue weighted by Gasteiger charge is -2.16. The molecule has 0 radical (unpaired) electrons. The first-order valence-corrected chi connectivity index (χ1v) is 6.13. The number of carbonyl (C=O) groups is 2. The van der Waals surface area contributed by atoms with Gasteiger partial charge in [-0.2, -0.15) is 0 Å². The molecule has 1 aliphatic heterocycles. The highest BCUT2D eigenvalue weighted by atomic mass is 16.2. The standard InChI is InChI=1S/C13H17N3O2/c14-12(17)4-2-6-16-9-11(7-13(16)18)10-3-1-5-15-8-10/h1,3,5,8,11H,2,4,6-7,9H2,(H2,14,17). The van der Waals surface area contributed by atoms with E-state index in [1.807, 2.05) is 18.3 Å². The first-order valence-electron chi connectivity index (χ1n) is 6.13. The molecule has 5 nitrogen and oxygen atoms in total. The normalized spacial score (nSPS) is 19.2. The van der Waals surface area contributed by atoms with Crippen LogP contribution in [0.15, 0.2) is 24.5 Å². The minimum Gasteiger partial charge on any atom is -0.370 e. The third-order valence-corrected chi connectivity index (χ3v) is 3.22. The molecule has 2 rings (SSSR count). The fourth-order valence-electron chi connectivity index (χ4n) is 2.27. The summed E-state index contributed by atoms with van der Waals surface area (Å²) in [6, 6.07) is 3.88. The first-order chi connectivity index (χ1) is 8.66. The summed E-state index contributed by atoms with van der Waals surface area (Å²) in [5, 5.41) is 0. The highest BCUT2D eigenvalue weighted by Crippen LogP contribution is 2.27. The number of likely N-dealkylation sites (tertiary alicyclic amines) is 1. The molecule has 1 saturated heterocycles. The maximum Gasteiger partial charge on any atom is 0.223 e. The van der Waals surface area contributed by atoms with E-state index < -0.39 is 0 Å². The molecule has 2 heterocycles. The van der Waals surface area contributed by atoms with Crippen molar-refractivity contribution in [2.24, 2.45) is 5.73 Å². The lowest BCUT2D eigenvalue weighted by atomic mass is 10.0. The number of rotatable bonds is 5. The maximum atomic E-state index is 11.8. The molecule has 1 aromatic rings. The molecular weight excluding hydrogens is 230 g/mol. The van der Waals surface area contributed by atoms with Gasteiger partial charge >= 0.3 is 0 Å². The van der Waals surface area contributed by atoms with Gasteiger partial charge < -0.3 is 10.6 Å². The second-order valence-corrected chi connectivity index (χ2v) is 4.60. The minimum absolute atomic E-state index is 0.147. The molecule has 18 heavy (non-hydrogen) atoms. The molecule has 96 valence electrons. The van der Waals surface area contributed by atoms with Crippen LogP contribution in [0.1, 0.15) is 30.7 Å². The van der Waals surface area contributed by atoms with Crippen molar-refractivity contribution in [2.75, 3.05) is 13.1 Å². The molecule has 0 aromatic carbocycles. The van der Waals surface area contributed by atoms with Gasteiger partial charge in [-0.25, -0.2) is 0 Å². The topological polar surface area (TPSA) is 76.3 Å². The predicted molar refractivity (Wildman–Crippen MR) is 66.6 cm³/mol. The zero-order valence-electron chi connectivity index (χ0n) is 10.2. The van der Waals surface area contributed by atoms with Gasteiger partial charge in [-0.1, -0.05) is 6.07 Å². The van der Waals surface area contributed by atoms with Crippen molar-refractivity contribution in [2.45, 2.75) is 25.2 Å². The summed E-state index contributed by atoms with van der Waals surface area (Å²) in [7, 11) is 0. The number of hydrogen-bond donors (Lipinski definition) is 1. The van der Waals surface area contributed by atoms with Crippen LogP contribution in [0, 0.1) is 0 Å². The van der Waals surface area contributed by atoms with Crippen LogP contribution in [-0.4, -0.2) is 34.8 Å². The van der Waals surface area contributed by atoms with Crippen LogP contribution in [0.25, 0.3) is 0 Å². The second-order valence-electron chi connectivity index (χ2n) is 4.60. The summed E-state index contributed by atoms with van der Waals surface area (Å²) in [6.07, 6.45) is 5.04. The van der Waals surface area contributed by atoms with Gasteiger partial charge in [-0.15, -0.1) is 0 Å². The van der Waals surface area contributed by atoms with E-state index >= 15 is 0 Å². The molecule has 5 heteroatoms. The highest BCUT2D eigenvalue weighted by Gasteiger charge is 2.30. The summed E-state index contributed by atoms with van der Waals surface area (Å²) in [5.41, 5.74) is 6.18. The SMILES string of the molecule is NC(=O)CCCN1CC(c2cccnc2)CC1=O. The zero-order chi connectivity index (χ0) is 13.0. The zero-order valence-corrected chi connectivity index (χ0v) is 10.2. The van der Waals surface area contributed by atoms with E-state index in [2.05, 4.69) is 4.98 Å². The third kappa shape index (κ3) is 3.06. The van der Waals surface area contributed by atoms with Crippen LogP contribution in [-0.2, 0) is 9.59 Å². The molecule has 1 aromatic heterocycles. The van der Waals surface area contributed by atoms with Crippen LogP contribution in [0.5, 0.6) is 0 Å². The van der Waals surface area contributed by atoms with E-state index in [4.69, 9.17) is 5.73 Å². The Bertz CT molecular complexity index is 433. The molecule has 0 aliphatic carbocycles. The van der Waals surface area contributed by atoms with Gasteiger partial charge in [0.2, 0.25) is 11.8 Å². The Morgan fingerprint density at radius 2 is 2.39 bits per heavy atom. The molecule has 0 spiro atoms. The van der Waals surface area contributed by atoms with E-state index in [0.717, 1.165) is 5.56 Å². The number of amides is 2. The van der Waals surface area contributed by atoms with E-state index in [-0.39, 0.29) is 17.7 Å². The Hall–Kier alpha value is -1.91. The summed E-state index contributed by atoms with van der Waals surface area (Å²) < 4.78 is 0. The maximum absolute atomic E-state index is 11.8. The molecule has 1 atom stereocenters. The summed E-state index contributed by atoms with van der Waals surface area (Å²) in [4.78, 5) is 28.4. The Morgan fingerprint density at radius 3 is 3.06 bits per heavy atom. The van der Waals surface area contributed by atoms with Crippen molar-refractivity contribution in [1.82, 2.24) is 9.88 Å². The van der Waals surface area contributed by atoms with Crippen molar-refractivity contribution < 1.29 is 9.59 Å². The van der Waals surface area contributed by atoms with Crippen LogP contribution < -0.4 is 5.73 Å². The second kappa shape index (κ2) is 5.62. The Balaban J connectivity index is 1.89. The molecule has 0 bridgehead atoms. The van der Waals surface area contributed by atoms with Gasteiger partial charge in [-0.05, 0) is 18.1 Å². The Labute approximate surface area is 106 Å². The van der Waals surface area contributed by atoms with Crippen molar-refractivity contribution >= 4 is 11.8 Å². The monoisotopic (exact) mass is 247 g/mol. The fourth-order valence-corrected chi connectivity index (χ4v) is 2.27. The van der Waals surface area contributed by atoms with Gasteiger partial charge in [0.25, 0.3) is 0 Å². The fraction of sp³-hybridized carbons (Fsp3) is 0.462. The van der Waals surface area contributed by atoms with Gasteiger partial charge in [-0.3, -0.25) is 14.6 Å². The summed E-state index contributed by atoms with van der Waals surface area (Å²) in [6.45, 7) is 1.32. The molecule has 1 fully saturated rings. The van der Waals surface area contributed by atoms with Crippen LogP contribution in [0.2, 0.25) is 0 Å². The largest absolute Gasteiger partial charge is 0.370 e. The molecule has 2 amide bonds. The van der Waals surface area contributed by atoms with Crippen LogP contribution in [0.3, 0.4) is 0 Å². The van der Waals surface area contributed by atoms with Crippen LogP contribution in [0.4, 0.5) is 0 Å². The average molecular weight is 247 g/mol. The number of carbonyl (C=O) groups excluding carboxylic acids is 2. The highest BCUT2D eigenvalue weighted by molar-refractivity contribution is 5.80. The van der Waals surface area contributed by atoms with Crippen molar-refractivity contribution in [3.8, 4) is 0 Å². The van der Waals surface area contributed by atoms with Gasteiger partial charge in [0.05, 0.1) is 0 Å². The van der Waals surface area contributed by atoms with E-state index in [9.17, 15) is 9.59 Å². The van der Waals surface area contributed by atoms with Crippen LogP contribution >= 0.6 is 0 Å². The Kier molecular flexibility index (Phi) is 3.92. The molecular formula is C13H17N3O2. The minimum atomic E-state index is -0.314. The van der Waals surface area contributed by atoms with Gasteiger partial charge in [0.1, 0.15) is 0 Å².